The van der Waals surface area contributed by atoms with Crippen molar-refractivity contribution in [1.29, 1.82) is 0 Å². The molecular formula is C22H28BrN3O2. The second-order valence-corrected chi connectivity index (χ2v) is 8.61. The van der Waals surface area contributed by atoms with E-state index in [0.717, 1.165) is 47.7 Å². The van der Waals surface area contributed by atoms with Crippen LogP contribution in [0.1, 0.15) is 29.9 Å². The molecule has 0 spiro atoms. The van der Waals surface area contributed by atoms with Crippen LogP contribution in [0.4, 0.5) is 0 Å². The molecule has 28 heavy (non-hydrogen) atoms. The number of benzene rings is 1. The van der Waals surface area contributed by atoms with Crippen LogP contribution in [-0.2, 0) is 4.74 Å². The fraction of sp³-hybridized carbons (Fsp3) is 0.455. The molecule has 3 rings (SSSR count). The number of nitrogens with zero attached hydrogens (tertiary/aromatic N) is 2. The van der Waals surface area contributed by atoms with Crippen LogP contribution in [0.15, 0.2) is 40.9 Å². The normalized spacial score (nSPS) is 17.7. The highest BCUT2D eigenvalue weighted by Gasteiger charge is 2.22. The van der Waals surface area contributed by atoms with Crippen molar-refractivity contribution in [2.24, 2.45) is 5.92 Å². The van der Waals surface area contributed by atoms with Gasteiger partial charge in [-0.15, -0.1) is 0 Å². The van der Waals surface area contributed by atoms with Crippen molar-refractivity contribution in [1.82, 2.24) is 15.2 Å². The molecule has 1 fully saturated rings. The van der Waals surface area contributed by atoms with Gasteiger partial charge in [-0.25, -0.2) is 0 Å². The lowest BCUT2D eigenvalue weighted by atomic mass is 10.1. The van der Waals surface area contributed by atoms with Gasteiger partial charge in [0.25, 0.3) is 5.91 Å². The molecule has 0 saturated carbocycles. The molecule has 150 valence electrons. The van der Waals surface area contributed by atoms with Crippen LogP contribution < -0.4 is 5.32 Å². The number of amides is 1. The van der Waals surface area contributed by atoms with Crippen LogP contribution in [-0.4, -0.2) is 54.7 Å². The fourth-order valence-electron chi connectivity index (χ4n) is 3.50. The first kappa shape index (κ1) is 21.0. The minimum absolute atomic E-state index is 0.0330. The summed E-state index contributed by atoms with van der Waals surface area (Å²) in [5.41, 5.74) is 3.20. The number of morpholine rings is 1. The molecule has 1 saturated heterocycles. The molecule has 0 aliphatic carbocycles. The van der Waals surface area contributed by atoms with Crippen molar-refractivity contribution < 1.29 is 9.53 Å². The number of aromatic nitrogens is 1. The Balaban J connectivity index is 1.60. The lowest BCUT2D eigenvalue weighted by Gasteiger charge is -2.34. The Morgan fingerprint density at radius 1 is 1.36 bits per heavy atom. The quantitative estimate of drug-likeness (QED) is 0.731. The monoisotopic (exact) mass is 445 g/mol. The Labute approximate surface area is 175 Å². The van der Waals surface area contributed by atoms with E-state index in [1.54, 1.807) is 0 Å². The number of ether oxygens (including phenoxy) is 1. The van der Waals surface area contributed by atoms with Gasteiger partial charge in [0.05, 0.1) is 29.7 Å². The molecule has 2 aromatic rings. The van der Waals surface area contributed by atoms with E-state index in [4.69, 9.17) is 4.74 Å². The molecule has 0 radical (unpaired) electrons. The summed E-state index contributed by atoms with van der Waals surface area (Å²) in [5.74, 6) is 0.529. The minimum atomic E-state index is -0.102. The van der Waals surface area contributed by atoms with E-state index < -0.39 is 0 Å². The number of nitrogens with one attached hydrogen (secondary N) is 1. The molecule has 2 heterocycles. The molecular weight excluding hydrogens is 418 g/mol. The van der Waals surface area contributed by atoms with Gasteiger partial charge in [-0.05, 0) is 37.1 Å². The van der Waals surface area contributed by atoms with Gasteiger partial charge >= 0.3 is 0 Å². The van der Waals surface area contributed by atoms with Gasteiger partial charge in [0.2, 0.25) is 0 Å². The average Bonchev–Trinajstić information content (AvgIpc) is 2.66. The first-order chi connectivity index (χ1) is 13.4. The molecule has 1 unspecified atom stereocenters. The SMILES string of the molecule is Cc1nc(-c2cccc(Br)c2)ccc1C(=O)NCC1CN(CC(C)C)CCO1. The Morgan fingerprint density at radius 2 is 2.18 bits per heavy atom. The second-order valence-electron chi connectivity index (χ2n) is 7.70. The summed E-state index contributed by atoms with van der Waals surface area (Å²) in [6.07, 6.45) is 0.0330. The molecule has 0 bridgehead atoms. The second kappa shape index (κ2) is 9.63. The summed E-state index contributed by atoms with van der Waals surface area (Å²) in [4.78, 5) is 19.7. The Bertz CT molecular complexity index is 825. The van der Waals surface area contributed by atoms with E-state index in [2.05, 4.69) is 45.0 Å². The van der Waals surface area contributed by atoms with Crippen LogP contribution >= 0.6 is 15.9 Å². The zero-order valence-electron chi connectivity index (χ0n) is 16.7. The van der Waals surface area contributed by atoms with Gasteiger partial charge in [0.1, 0.15) is 0 Å². The van der Waals surface area contributed by atoms with Gasteiger partial charge in [-0.1, -0.05) is 41.9 Å². The summed E-state index contributed by atoms with van der Waals surface area (Å²) in [6, 6.07) is 11.7. The van der Waals surface area contributed by atoms with E-state index in [9.17, 15) is 4.79 Å². The van der Waals surface area contributed by atoms with Crippen molar-refractivity contribution in [3.63, 3.8) is 0 Å². The van der Waals surface area contributed by atoms with Gasteiger partial charge in [0, 0.05) is 36.2 Å². The summed E-state index contributed by atoms with van der Waals surface area (Å²) in [7, 11) is 0. The van der Waals surface area contributed by atoms with Gasteiger partial charge in [0.15, 0.2) is 0 Å². The minimum Gasteiger partial charge on any atom is -0.374 e. The van der Waals surface area contributed by atoms with Crippen LogP contribution in [0, 0.1) is 12.8 Å². The predicted molar refractivity (Wildman–Crippen MR) is 115 cm³/mol. The number of hydrogen-bond acceptors (Lipinski definition) is 4. The predicted octanol–water partition coefficient (Wildman–Crippen LogP) is 3.91. The van der Waals surface area contributed by atoms with Crippen LogP contribution in [0.2, 0.25) is 0 Å². The van der Waals surface area contributed by atoms with Gasteiger partial charge in [-0.3, -0.25) is 14.7 Å². The third-order valence-corrected chi connectivity index (χ3v) is 5.28. The van der Waals surface area contributed by atoms with Crippen molar-refractivity contribution >= 4 is 21.8 Å². The maximum Gasteiger partial charge on any atom is 0.253 e. The fourth-order valence-corrected chi connectivity index (χ4v) is 3.90. The van der Waals surface area contributed by atoms with Crippen LogP contribution in [0.3, 0.4) is 0 Å². The molecule has 1 aromatic carbocycles. The first-order valence-electron chi connectivity index (χ1n) is 9.78. The van der Waals surface area contributed by atoms with Gasteiger partial charge < -0.3 is 10.1 Å². The third-order valence-electron chi connectivity index (χ3n) is 4.79. The topological polar surface area (TPSA) is 54.5 Å². The first-order valence-corrected chi connectivity index (χ1v) is 10.6. The number of rotatable bonds is 6. The molecule has 5 nitrogen and oxygen atoms in total. The van der Waals surface area contributed by atoms with Crippen LogP contribution in [0.25, 0.3) is 11.3 Å². The zero-order valence-corrected chi connectivity index (χ0v) is 18.3. The largest absolute Gasteiger partial charge is 0.374 e. The van der Waals surface area contributed by atoms with Crippen molar-refractivity contribution in [3.05, 3.63) is 52.1 Å². The Kier molecular flexibility index (Phi) is 7.21. The standard InChI is InChI=1S/C22H28BrN3O2/c1-15(2)13-26-9-10-28-19(14-26)12-24-22(27)20-7-8-21(25-16(20)3)17-5-4-6-18(23)11-17/h4-8,11,15,19H,9-10,12-14H2,1-3H3,(H,24,27). The lowest BCUT2D eigenvalue weighted by Crippen LogP contribution is -2.48. The molecule has 1 amide bonds. The number of carbonyl (C=O) groups is 1. The summed E-state index contributed by atoms with van der Waals surface area (Å²) < 4.78 is 6.82. The van der Waals surface area contributed by atoms with E-state index in [1.807, 2.05) is 43.3 Å². The molecule has 1 aromatic heterocycles. The highest BCUT2D eigenvalue weighted by molar-refractivity contribution is 9.10. The van der Waals surface area contributed by atoms with Crippen molar-refractivity contribution in [3.8, 4) is 11.3 Å². The number of pyridine rings is 1. The van der Waals surface area contributed by atoms with Crippen LogP contribution in [0.5, 0.6) is 0 Å². The Hall–Kier alpha value is -1.76. The number of hydrogen-bond donors (Lipinski definition) is 1. The number of halogens is 1. The molecule has 1 N–H and O–H groups in total. The third kappa shape index (κ3) is 5.63. The summed E-state index contributed by atoms with van der Waals surface area (Å²) in [5, 5.41) is 3.01. The lowest BCUT2D eigenvalue weighted by molar-refractivity contribution is -0.0295. The van der Waals surface area contributed by atoms with Gasteiger partial charge in [-0.2, -0.15) is 0 Å². The number of aryl methyl sites for hydroxylation is 1. The van der Waals surface area contributed by atoms with E-state index in [1.165, 1.54) is 0 Å². The smallest absolute Gasteiger partial charge is 0.253 e. The summed E-state index contributed by atoms with van der Waals surface area (Å²) in [6.45, 7) is 10.4. The highest BCUT2D eigenvalue weighted by Crippen LogP contribution is 2.22. The van der Waals surface area contributed by atoms with E-state index in [0.29, 0.717) is 18.0 Å². The molecule has 1 atom stereocenters. The zero-order chi connectivity index (χ0) is 20.1. The van der Waals surface area contributed by atoms with E-state index >= 15 is 0 Å². The average molecular weight is 446 g/mol. The highest BCUT2D eigenvalue weighted by atomic mass is 79.9. The number of carbonyl (C=O) groups excluding carboxylic acids is 1. The Morgan fingerprint density at radius 3 is 2.89 bits per heavy atom. The maximum atomic E-state index is 12.6. The van der Waals surface area contributed by atoms with Crippen molar-refractivity contribution in [2.75, 3.05) is 32.8 Å². The maximum absolute atomic E-state index is 12.6. The summed E-state index contributed by atoms with van der Waals surface area (Å²) >= 11 is 3.48. The molecule has 1 aliphatic heterocycles. The molecule has 6 heteroatoms. The van der Waals surface area contributed by atoms with E-state index in [-0.39, 0.29) is 12.0 Å². The van der Waals surface area contributed by atoms with Crippen molar-refractivity contribution in [2.45, 2.75) is 26.9 Å². The molecule has 1 aliphatic rings.